The van der Waals surface area contributed by atoms with Crippen LogP contribution in [0.3, 0.4) is 0 Å². The van der Waals surface area contributed by atoms with E-state index in [4.69, 9.17) is 11.5 Å². The summed E-state index contributed by atoms with van der Waals surface area (Å²) in [4.78, 5) is 0. The number of aliphatic hydroxyl groups excluding tert-OH is 1. The third-order valence-electron chi connectivity index (χ3n) is 2.36. The Hall–Kier alpha value is -1.33. The number of aryl methyl sites for hydroxylation is 1. The summed E-state index contributed by atoms with van der Waals surface area (Å²) in [7, 11) is 0. The van der Waals surface area contributed by atoms with Gasteiger partial charge in [-0.1, -0.05) is 12.0 Å². The van der Waals surface area contributed by atoms with Crippen LogP contribution in [-0.2, 0) is 6.54 Å². The average Bonchev–Trinajstić information content (AvgIpc) is 2.29. The fraction of sp³-hybridized carbons (Fsp3) is 0.462. The second-order valence-electron chi connectivity index (χ2n) is 3.65. The van der Waals surface area contributed by atoms with Crippen LogP contribution in [0.4, 0.5) is 0 Å². The SMILES string of the molecule is C#CC(O)CCCCC[n+]1ccccc1. The lowest BCUT2D eigenvalue weighted by Gasteiger charge is -2.01. The number of aliphatic hydroxyl groups is 1. The van der Waals surface area contributed by atoms with Gasteiger partial charge in [0.2, 0.25) is 0 Å². The number of terminal acetylenes is 1. The van der Waals surface area contributed by atoms with Crippen molar-refractivity contribution >= 4 is 0 Å². The summed E-state index contributed by atoms with van der Waals surface area (Å²) < 4.78 is 2.16. The van der Waals surface area contributed by atoms with Gasteiger partial charge in [-0.3, -0.25) is 0 Å². The average molecular weight is 204 g/mol. The van der Waals surface area contributed by atoms with Crippen LogP contribution >= 0.6 is 0 Å². The van der Waals surface area contributed by atoms with E-state index in [0.29, 0.717) is 0 Å². The van der Waals surface area contributed by atoms with Gasteiger partial charge in [0.1, 0.15) is 12.6 Å². The Morgan fingerprint density at radius 2 is 1.87 bits per heavy atom. The quantitative estimate of drug-likeness (QED) is 0.424. The highest BCUT2D eigenvalue weighted by Gasteiger charge is 2.00. The summed E-state index contributed by atoms with van der Waals surface area (Å²) in [5.41, 5.74) is 0. The van der Waals surface area contributed by atoms with Gasteiger partial charge in [-0.2, -0.15) is 0 Å². The van der Waals surface area contributed by atoms with Gasteiger partial charge in [0.15, 0.2) is 12.4 Å². The minimum atomic E-state index is -0.561. The van der Waals surface area contributed by atoms with Gasteiger partial charge in [0.05, 0.1) is 0 Å². The van der Waals surface area contributed by atoms with E-state index in [0.717, 1.165) is 32.2 Å². The predicted octanol–water partition coefficient (Wildman–Crippen LogP) is 1.53. The van der Waals surface area contributed by atoms with Gasteiger partial charge >= 0.3 is 0 Å². The molecule has 2 heteroatoms. The summed E-state index contributed by atoms with van der Waals surface area (Å²) in [6.07, 6.45) is 12.6. The third kappa shape index (κ3) is 5.19. The highest BCUT2D eigenvalue weighted by Crippen LogP contribution is 2.02. The van der Waals surface area contributed by atoms with Crippen LogP contribution in [-0.4, -0.2) is 11.2 Å². The molecule has 15 heavy (non-hydrogen) atoms. The molecule has 1 N–H and O–H groups in total. The predicted molar refractivity (Wildman–Crippen MR) is 59.9 cm³/mol. The molecule has 0 spiro atoms. The number of hydrogen-bond donors (Lipinski definition) is 1. The lowest BCUT2D eigenvalue weighted by molar-refractivity contribution is -0.697. The molecule has 0 saturated heterocycles. The number of unbranched alkanes of at least 4 members (excludes halogenated alkanes) is 2. The molecule has 0 aliphatic rings. The first-order chi connectivity index (χ1) is 7.33. The van der Waals surface area contributed by atoms with Gasteiger partial charge in [-0.15, -0.1) is 6.42 Å². The van der Waals surface area contributed by atoms with E-state index in [-0.39, 0.29) is 0 Å². The maximum Gasteiger partial charge on any atom is 0.168 e. The molecule has 0 bridgehead atoms. The molecule has 1 unspecified atom stereocenters. The number of pyridine rings is 1. The molecule has 0 saturated carbocycles. The zero-order chi connectivity index (χ0) is 10.9. The van der Waals surface area contributed by atoms with Crippen LogP contribution in [0.5, 0.6) is 0 Å². The van der Waals surface area contributed by atoms with E-state index >= 15 is 0 Å². The van der Waals surface area contributed by atoms with Crippen molar-refractivity contribution < 1.29 is 9.67 Å². The molecule has 2 nitrogen and oxygen atoms in total. The number of aromatic nitrogens is 1. The lowest BCUT2D eigenvalue weighted by atomic mass is 10.1. The molecule has 80 valence electrons. The van der Waals surface area contributed by atoms with Crippen LogP contribution in [0.2, 0.25) is 0 Å². The summed E-state index contributed by atoms with van der Waals surface area (Å²) in [5.74, 6) is 2.32. The fourth-order valence-corrected chi connectivity index (χ4v) is 1.48. The molecule has 0 aliphatic carbocycles. The third-order valence-corrected chi connectivity index (χ3v) is 2.36. The van der Waals surface area contributed by atoms with Gasteiger partial charge in [-0.25, -0.2) is 4.57 Å². The van der Waals surface area contributed by atoms with Gasteiger partial charge in [0, 0.05) is 18.6 Å². The molecule has 0 amide bonds. The molecule has 0 aromatic carbocycles. The lowest BCUT2D eigenvalue weighted by Crippen LogP contribution is -2.32. The van der Waals surface area contributed by atoms with Crippen molar-refractivity contribution in [3.8, 4) is 12.3 Å². The van der Waals surface area contributed by atoms with E-state index < -0.39 is 6.10 Å². The Balaban J connectivity index is 2.06. The highest BCUT2D eigenvalue weighted by molar-refractivity contribution is 4.92. The minimum Gasteiger partial charge on any atom is -0.380 e. The summed E-state index contributed by atoms with van der Waals surface area (Å²) in [5, 5.41) is 9.13. The Morgan fingerprint density at radius 1 is 1.13 bits per heavy atom. The molecule has 1 aromatic heterocycles. The fourth-order valence-electron chi connectivity index (χ4n) is 1.48. The Bertz CT molecular complexity index is 302. The highest BCUT2D eigenvalue weighted by atomic mass is 16.3. The van der Waals surface area contributed by atoms with E-state index in [1.54, 1.807) is 0 Å². The van der Waals surface area contributed by atoms with Crippen molar-refractivity contribution in [2.45, 2.75) is 38.3 Å². The molecule has 1 heterocycles. The van der Waals surface area contributed by atoms with Crippen molar-refractivity contribution in [2.24, 2.45) is 0 Å². The second-order valence-corrected chi connectivity index (χ2v) is 3.65. The zero-order valence-corrected chi connectivity index (χ0v) is 8.97. The molecule has 0 fully saturated rings. The van der Waals surface area contributed by atoms with Crippen molar-refractivity contribution in [1.29, 1.82) is 0 Å². The molecule has 1 rings (SSSR count). The van der Waals surface area contributed by atoms with Gasteiger partial charge in [-0.05, 0) is 19.3 Å². The van der Waals surface area contributed by atoms with E-state index in [1.165, 1.54) is 0 Å². The molecule has 1 atom stereocenters. The van der Waals surface area contributed by atoms with Crippen LogP contribution in [0, 0.1) is 12.3 Å². The number of rotatable bonds is 6. The van der Waals surface area contributed by atoms with Crippen LogP contribution < -0.4 is 4.57 Å². The van der Waals surface area contributed by atoms with E-state index in [2.05, 4.69) is 22.9 Å². The molecular formula is C13H18NO+. The molecule has 1 aromatic rings. The number of hydrogen-bond acceptors (Lipinski definition) is 1. The standard InChI is InChI=1S/C13H18NO/c1-2-13(15)9-5-3-6-10-14-11-7-4-8-12-14/h1,4,7-8,11-13,15H,3,5-6,9-10H2/q+1. The Morgan fingerprint density at radius 3 is 2.53 bits per heavy atom. The number of nitrogens with zero attached hydrogens (tertiary/aromatic N) is 1. The topological polar surface area (TPSA) is 24.1 Å². The van der Waals surface area contributed by atoms with Crippen molar-refractivity contribution in [3.63, 3.8) is 0 Å². The van der Waals surface area contributed by atoms with Crippen LogP contribution in [0.1, 0.15) is 25.7 Å². The van der Waals surface area contributed by atoms with E-state index in [1.807, 2.05) is 18.2 Å². The summed E-state index contributed by atoms with van der Waals surface area (Å²) in [6, 6.07) is 6.07. The Labute approximate surface area is 91.6 Å². The minimum absolute atomic E-state index is 0.561. The normalized spacial score (nSPS) is 12.0. The molecule has 0 aliphatic heterocycles. The van der Waals surface area contributed by atoms with Crippen LogP contribution in [0.15, 0.2) is 30.6 Å². The zero-order valence-electron chi connectivity index (χ0n) is 8.97. The summed E-state index contributed by atoms with van der Waals surface area (Å²) >= 11 is 0. The van der Waals surface area contributed by atoms with Crippen molar-refractivity contribution in [1.82, 2.24) is 0 Å². The second kappa shape index (κ2) is 7.03. The van der Waals surface area contributed by atoms with Gasteiger partial charge in [0.25, 0.3) is 0 Å². The van der Waals surface area contributed by atoms with Crippen molar-refractivity contribution in [2.75, 3.05) is 0 Å². The Kier molecular flexibility index (Phi) is 5.50. The molecule has 0 radical (unpaired) electrons. The molecular weight excluding hydrogens is 186 g/mol. The maximum atomic E-state index is 9.13. The smallest absolute Gasteiger partial charge is 0.168 e. The van der Waals surface area contributed by atoms with Gasteiger partial charge < -0.3 is 5.11 Å². The van der Waals surface area contributed by atoms with Crippen molar-refractivity contribution in [3.05, 3.63) is 30.6 Å². The first-order valence-corrected chi connectivity index (χ1v) is 5.41. The first-order valence-electron chi connectivity index (χ1n) is 5.41. The van der Waals surface area contributed by atoms with E-state index in [9.17, 15) is 0 Å². The largest absolute Gasteiger partial charge is 0.380 e. The first kappa shape index (κ1) is 11.7. The maximum absolute atomic E-state index is 9.13. The summed E-state index contributed by atoms with van der Waals surface area (Å²) in [6.45, 7) is 1.03. The monoisotopic (exact) mass is 204 g/mol. The van der Waals surface area contributed by atoms with Crippen LogP contribution in [0.25, 0.3) is 0 Å².